The first-order valence-corrected chi connectivity index (χ1v) is 4.53. The van der Waals surface area contributed by atoms with Gasteiger partial charge in [0.15, 0.2) is 0 Å². The molecular formula is C8H11N4O2S+. The first-order valence-electron chi connectivity index (χ1n) is 4.12. The molecule has 0 saturated carbocycles. The Morgan fingerprint density at radius 1 is 1.67 bits per heavy atom. The quantitative estimate of drug-likeness (QED) is 0.386. The monoisotopic (exact) mass is 227 g/mol. The molecule has 15 heavy (non-hydrogen) atoms. The SMILES string of the molecule is [NH3+]NC(=S)NCc1cc(C(=O)O)ccn1. The van der Waals surface area contributed by atoms with E-state index in [-0.39, 0.29) is 5.56 Å². The molecule has 0 atom stereocenters. The number of carboxylic acid groups (broad SMARTS) is 1. The number of quaternary nitrogens is 1. The molecule has 6 nitrogen and oxygen atoms in total. The smallest absolute Gasteiger partial charge is 0.335 e. The van der Waals surface area contributed by atoms with Gasteiger partial charge in [-0.2, -0.15) is 0 Å². The second-order valence-electron chi connectivity index (χ2n) is 2.70. The summed E-state index contributed by atoms with van der Waals surface area (Å²) >= 11 is 4.81. The van der Waals surface area contributed by atoms with Crippen LogP contribution in [0.4, 0.5) is 0 Å². The van der Waals surface area contributed by atoms with E-state index in [1.54, 1.807) is 0 Å². The number of nitrogens with zero attached hydrogens (tertiary/aromatic N) is 1. The minimum absolute atomic E-state index is 0.204. The van der Waals surface area contributed by atoms with Crippen molar-refractivity contribution in [3.8, 4) is 0 Å². The maximum Gasteiger partial charge on any atom is 0.335 e. The lowest BCUT2D eigenvalue weighted by Crippen LogP contribution is -2.69. The number of pyridine rings is 1. The van der Waals surface area contributed by atoms with Crippen molar-refractivity contribution in [2.45, 2.75) is 6.54 Å². The Kier molecular flexibility index (Phi) is 3.95. The molecule has 0 saturated heterocycles. The molecule has 0 aliphatic heterocycles. The van der Waals surface area contributed by atoms with Crippen molar-refractivity contribution in [1.29, 1.82) is 0 Å². The molecule has 1 aromatic rings. The Balaban J connectivity index is 2.66. The van der Waals surface area contributed by atoms with E-state index in [0.29, 0.717) is 17.4 Å². The fourth-order valence-electron chi connectivity index (χ4n) is 0.941. The maximum atomic E-state index is 10.7. The zero-order valence-electron chi connectivity index (χ0n) is 7.86. The molecule has 0 aromatic carbocycles. The van der Waals surface area contributed by atoms with Gasteiger partial charge in [0.25, 0.3) is 0 Å². The van der Waals surface area contributed by atoms with Crippen LogP contribution in [0, 0.1) is 0 Å². The number of carbonyl (C=O) groups is 1. The first-order chi connectivity index (χ1) is 7.13. The second kappa shape index (κ2) is 5.23. The fourth-order valence-corrected chi connectivity index (χ4v) is 1.01. The van der Waals surface area contributed by atoms with Crippen molar-refractivity contribution >= 4 is 23.3 Å². The average Bonchev–Trinajstić information content (AvgIpc) is 2.26. The lowest BCUT2D eigenvalue weighted by atomic mass is 10.2. The summed E-state index contributed by atoms with van der Waals surface area (Å²) in [5.74, 6) is 2.40. The van der Waals surface area contributed by atoms with Crippen LogP contribution in [0.1, 0.15) is 16.1 Å². The van der Waals surface area contributed by atoms with Crippen LogP contribution in [0.2, 0.25) is 0 Å². The fraction of sp³-hybridized carbons (Fsp3) is 0.125. The maximum absolute atomic E-state index is 10.7. The largest absolute Gasteiger partial charge is 0.478 e. The van der Waals surface area contributed by atoms with Gasteiger partial charge in [-0.05, 0) is 24.4 Å². The number of aromatic nitrogens is 1. The number of carboxylic acids is 1. The standard InChI is InChI=1S/C8H10N4O2S/c9-12-8(15)11-4-6-3-5(7(13)14)1-2-10-6/h1-3H,4,9H2,(H,13,14)(H2,11,12,15)/p+1. The van der Waals surface area contributed by atoms with E-state index in [4.69, 9.17) is 17.3 Å². The summed E-state index contributed by atoms with van der Waals surface area (Å²) in [4.78, 5) is 14.6. The van der Waals surface area contributed by atoms with E-state index < -0.39 is 5.97 Å². The number of rotatable bonds is 3. The van der Waals surface area contributed by atoms with Crippen LogP contribution in [0.5, 0.6) is 0 Å². The molecule has 0 aliphatic carbocycles. The van der Waals surface area contributed by atoms with Gasteiger partial charge in [0, 0.05) is 6.20 Å². The van der Waals surface area contributed by atoms with Crippen molar-refractivity contribution in [2.24, 2.45) is 0 Å². The molecule has 1 rings (SSSR count). The highest BCUT2D eigenvalue weighted by atomic mass is 32.1. The molecular weight excluding hydrogens is 216 g/mol. The Bertz CT molecular complexity index is 383. The van der Waals surface area contributed by atoms with Gasteiger partial charge in [-0.1, -0.05) is 0 Å². The van der Waals surface area contributed by atoms with E-state index in [0.717, 1.165) is 0 Å². The van der Waals surface area contributed by atoms with Crippen molar-refractivity contribution in [2.75, 3.05) is 0 Å². The van der Waals surface area contributed by atoms with Gasteiger partial charge in [0.05, 0.1) is 17.8 Å². The van der Waals surface area contributed by atoms with Crippen LogP contribution in [-0.4, -0.2) is 21.2 Å². The van der Waals surface area contributed by atoms with E-state index in [9.17, 15) is 4.79 Å². The first kappa shape index (κ1) is 11.3. The molecule has 0 unspecified atom stereocenters. The molecule has 1 aromatic heterocycles. The van der Waals surface area contributed by atoms with Gasteiger partial charge in [-0.25, -0.2) is 10.2 Å². The van der Waals surface area contributed by atoms with Gasteiger partial charge in [-0.3, -0.25) is 10.8 Å². The molecule has 0 radical (unpaired) electrons. The van der Waals surface area contributed by atoms with Gasteiger partial charge < -0.3 is 10.4 Å². The lowest BCUT2D eigenvalue weighted by Gasteiger charge is -2.04. The number of hydrogen-bond donors (Lipinski definition) is 4. The van der Waals surface area contributed by atoms with E-state index >= 15 is 0 Å². The zero-order valence-corrected chi connectivity index (χ0v) is 8.67. The molecule has 6 N–H and O–H groups in total. The summed E-state index contributed by atoms with van der Waals surface area (Å²) in [6, 6.07) is 2.92. The Labute approximate surface area is 91.5 Å². The van der Waals surface area contributed by atoms with Gasteiger partial charge in [-0.15, -0.1) is 0 Å². The third-order valence-electron chi connectivity index (χ3n) is 1.65. The number of nitrogens with one attached hydrogen (secondary N) is 2. The Morgan fingerprint density at radius 3 is 3.00 bits per heavy atom. The van der Waals surface area contributed by atoms with Crippen molar-refractivity contribution < 1.29 is 15.7 Å². The summed E-state index contributed by atoms with van der Waals surface area (Å²) < 4.78 is 0. The van der Waals surface area contributed by atoms with E-state index in [1.165, 1.54) is 18.3 Å². The molecule has 0 aliphatic rings. The topological polar surface area (TPSA) is 102 Å². The zero-order chi connectivity index (χ0) is 11.3. The molecule has 80 valence electrons. The van der Waals surface area contributed by atoms with Crippen LogP contribution in [0.3, 0.4) is 0 Å². The predicted molar refractivity (Wildman–Crippen MR) is 56.7 cm³/mol. The number of thiocarbonyl (C=S) groups is 1. The van der Waals surface area contributed by atoms with Crippen LogP contribution in [0.15, 0.2) is 18.3 Å². The number of hydrogen-bond acceptors (Lipinski definition) is 3. The minimum atomic E-state index is -0.975. The van der Waals surface area contributed by atoms with Gasteiger partial charge in [0.2, 0.25) is 5.11 Å². The Hall–Kier alpha value is -1.73. The van der Waals surface area contributed by atoms with E-state index in [2.05, 4.69) is 21.6 Å². The highest BCUT2D eigenvalue weighted by molar-refractivity contribution is 7.80. The highest BCUT2D eigenvalue weighted by Gasteiger charge is 2.04. The third kappa shape index (κ3) is 3.49. The van der Waals surface area contributed by atoms with E-state index in [1.807, 2.05) is 0 Å². The van der Waals surface area contributed by atoms with Crippen molar-refractivity contribution in [1.82, 2.24) is 15.7 Å². The van der Waals surface area contributed by atoms with Crippen LogP contribution >= 0.6 is 12.2 Å². The second-order valence-corrected chi connectivity index (χ2v) is 3.11. The molecule has 7 heteroatoms. The average molecular weight is 227 g/mol. The van der Waals surface area contributed by atoms with Gasteiger partial charge in [0.1, 0.15) is 0 Å². The summed E-state index contributed by atoms with van der Waals surface area (Å²) in [5, 5.41) is 11.9. The lowest BCUT2D eigenvalue weighted by molar-refractivity contribution is -0.419. The summed E-state index contributed by atoms with van der Waals surface area (Å²) in [5.41, 5.74) is 3.31. The molecule has 0 fully saturated rings. The molecule has 0 spiro atoms. The summed E-state index contributed by atoms with van der Waals surface area (Å²) in [6.07, 6.45) is 1.45. The third-order valence-corrected chi connectivity index (χ3v) is 1.94. The minimum Gasteiger partial charge on any atom is -0.478 e. The van der Waals surface area contributed by atoms with Crippen LogP contribution in [-0.2, 0) is 6.54 Å². The summed E-state index contributed by atoms with van der Waals surface area (Å²) in [6.45, 7) is 0.364. The predicted octanol–water partition coefficient (Wildman–Crippen LogP) is -1.10. The molecule has 1 heterocycles. The van der Waals surface area contributed by atoms with Gasteiger partial charge >= 0.3 is 5.97 Å². The van der Waals surface area contributed by atoms with Crippen LogP contribution in [0.25, 0.3) is 0 Å². The van der Waals surface area contributed by atoms with Crippen molar-refractivity contribution in [3.05, 3.63) is 29.6 Å². The van der Waals surface area contributed by atoms with Crippen molar-refractivity contribution in [3.63, 3.8) is 0 Å². The molecule has 0 amide bonds. The summed E-state index contributed by atoms with van der Waals surface area (Å²) in [7, 11) is 0. The molecule has 0 bridgehead atoms. The number of aromatic carboxylic acids is 1. The Morgan fingerprint density at radius 2 is 2.40 bits per heavy atom. The highest BCUT2D eigenvalue weighted by Crippen LogP contribution is 2.01. The van der Waals surface area contributed by atoms with Crippen LogP contribution < -0.4 is 16.6 Å². The normalized spacial score (nSPS) is 9.40.